The van der Waals surface area contributed by atoms with E-state index in [1.807, 2.05) is 24.3 Å². The molecule has 5 rings (SSSR count). The Labute approximate surface area is 216 Å². The molecule has 0 spiro atoms. The Hall–Kier alpha value is -4.95. The Morgan fingerprint density at radius 2 is 1.95 bits per heavy atom. The fourth-order valence-corrected chi connectivity index (χ4v) is 3.93. The van der Waals surface area contributed by atoms with E-state index in [9.17, 15) is 10.1 Å². The molecule has 12 heteroatoms. The molecule has 2 N–H and O–H groups in total. The number of anilines is 1. The van der Waals surface area contributed by atoms with Crippen LogP contribution >= 0.6 is 11.6 Å². The predicted molar refractivity (Wildman–Crippen MR) is 137 cm³/mol. The highest BCUT2D eigenvalue weighted by atomic mass is 35.5. The molecule has 2 amide bonds. The number of halogens is 1. The molecule has 4 aromatic heterocycles. The molecule has 4 heterocycles. The van der Waals surface area contributed by atoms with Gasteiger partial charge in [-0.05, 0) is 31.2 Å². The zero-order valence-electron chi connectivity index (χ0n) is 19.8. The number of carbonyl (C=O) groups excluding carboxylic acids is 1. The van der Waals surface area contributed by atoms with Crippen molar-refractivity contribution in [3.8, 4) is 28.7 Å². The van der Waals surface area contributed by atoms with Crippen LogP contribution in [0.5, 0.6) is 0 Å². The van der Waals surface area contributed by atoms with Crippen molar-refractivity contribution in [1.82, 2.24) is 40.0 Å². The first-order valence-electron chi connectivity index (χ1n) is 11.1. The van der Waals surface area contributed by atoms with Gasteiger partial charge in [-0.1, -0.05) is 17.7 Å². The van der Waals surface area contributed by atoms with E-state index in [0.29, 0.717) is 39.0 Å². The maximum absolute atomic E-state index is 12.6. The number of aromatic nitrogens is 7. The molecular formula is C25H19ClN10O. The third kappa shape index (κ3) is 5.05. The molecule has 0 saturated heterocycles. The highest BCUT2D eigenvalue weighted by Crippen LogP contribution is 2.34. The first kappa shape index (κ1) is 23.8. The third-order valence-electron chi connectivity index (χ3n) is 5.41. The number of nitriles is 1. The largest absolute Gasteiger partial charge is 0.334 e. The number of aryl methyl sites for hydroxylation is 2. The van der Waals surface area contributed by atoms with Crippen LogP contribution in [0.2, 0.25) is 5.02 Å². The van der Waals surface area contributed by atoms with Gasteiger partial charge in [-0.3, -0.25) is 15.0 Å². The van der Waals surface area contributed by atoms with Gasteiger partial charge in [-0.25, -0.2) is 24.7 Å². The monoisotopic (exact) mass is 510 g/mol. The number of nitrogens with zero attached hydrogens (tertiary/aromatic N) is 8. The second-order valence-electron chi connectivity index (χ2n) is 8.08. The number of carbonyl (C=O) groups is 1. The average molecular weight is 511 g/mol. The van der Waals surface area contributed by atoms with Gasteiger partial charge in [0.2, 0.25) is 0 Å². The Morgan fingerprint density at radius 3 is 2.68 bits per heavy atom. The van der Waals surface area contributed by atoms with Crippen molar-refractivity contribution < 1.29 is 4.79 Å². The van der Waals surface area contributed by atoms with E-state index in [4.69, 9.17) is 11.6 Å². The summed E-state index contributed by atoms with van der Waals surface area (Å²) in [6.45, 7) is 1.97. The van der Waals surface area contributed by atoms with Crippen LogP contribution in [-0.4, -0.2) is 40.7 Å². The number of pyridine rings is 1. The minimum absolute atomic E-state index is 0.00175. The van der Waals surface area contributed by atoms with Crippen molar-refractivity contribution in [2.24, 2.45) is 7.05 Å². The molecule has 0 fully saturated rings. The van der Waals surface area contributed by atoms with Gasteiger partial charge in [0.05, 0.1) is 10.5 Å². The van der Waals surface area contributed by atoms with Gasteiger partial charge in [0.25, 0.3) is 0 Å². The third-order valence-corrected chi connectivity index (χ3v) is 5.70. The van der Waals surface area contributed by atoms with Crippen LogP contribution in [0.4, 0.5) is 10.6 Å². The SMILES string of the molecule is Cc1ncc(CNC(=O)Nc2nc(-c3ccn(C)n3)c(-c3cc(Cl)c4ncccc4c3)nc2C#N)cn1. The summed E-state index contributed by atoms with van der Waals surface area (Å²) < 4.78 is 1.62. The quantitative estimate of drug-likeness (QED) is 0.360. The first-order chi connectivity index (χ1) is 17.9. The fourth-order valence-electron chi connectivity index (χ4n) is 3.65. The second kappa shape index (κ2) is 9.96. The molecule has 5 aromatic rings. The summed E-state index contributed by atoms with van der Waals surface area (Å²) in [6.07, 6.45) is 6.68. The van der Waals surface area contributed by atoms with Gasteiger partial charge in [0.1, 0.15) is 29.0 Å². The summed E-state index contributed by atoms with van der Waals surface area (Å²) >= 11 is 6.51. The van der Waals surface area contributed by atoms with Gasteiger partial charge in [0.15, 0.2) is 11.5 Å². The van der Waals surface area contributed by atoms with Crippen LogP contribution in [0.25, 0.3) is 33.5 Å². The Kier molecular flexibility index (Phi) is 6.40. The second-order valence-corrected chi connectivity index (χ2v) is 8.49. The smallest absolute Gasteiger partial charge is 0.320 e. The molecule has 0 aliphatic rings. The number of hydrogen-bond donors (Lipinski definition) is 2. The normalized spacial score (nSPS) is 10.8. The minimum atomic E-state index is -0.564. The average Bonchev–Trinajstić information content (AvgIpc) is 3.34. The number of urea groups is 1. The molecule has 0 saturated carbocycles. The van der Waals surface area contributed by atoms with E-state index >= 15 is 0 Å². The Bertz CT molecular complexity index is 1670. The lowest BCUT2D eigenvalue weighted by Crippen LogP contribution is -2.29. The van der Waals surface area contributed by atoms with E-state index in [0.717, 1.165) is 10.9 Å². The standard InChI is InChI=1S/C25H19ClN10O/c1-14-29-11-15(12-30-14)13-31-25(37)34-24-20(10-27)32-22(23(33-24)19-5-7-36(2)35-19)17-8-16-4-3-6-28-21(16)18(26)9-17/h3-9,11-12H,13H2,1-2H3,(H2,31,33,34,37). The summed E-state index contributed by atoms with van der Waals surface area (Å²) in [5.74, 6) is 0.631. The van der Waals surface area contributed by atoms with Crippen LogP contribution in [0, 0.1) is 18.3 Å². The molecule has 0 unspecified atom stereocenters. The summed E-state index contributed by atoms with van der Waals surface area (Å²) in [5.41, 5.74) is 3.22. The molecule has 0 bridgehead atoms. The van der Waals surface area contributed by atoms with Crippen molar-refractivity contribution in [2.75, 3.05) is 5.32 Å². The van der Waals surface area contributed by atoms with Crippen molar-refractivity contribution in [1.29, 1.82) is 5.26 Å². The van der Waals surface area contributed by atoms with E-state index < -0.39 is 6.03 Å². The molecule has 37 heavy (non-hydrogen) atoms. The van der Waals surface area contributed by atoms with E-state index in [1.54, 1.807) is 55.6 Å². The van der Waals surface area contributed by atoms with Crippen molar-refractivity contribution in [3.63, 3.8) is 0 Å². The Balaban J connectivity index is 1.53. The van der Waals surface area contributed by atoms with Crippen LogP contribution in [0.3, 0.4) is 0 Å². The first-order valence-corrected chi connectivity index (χ1v) is 11.5. The number of hydrogen-bond acceptors (Lipinski definition) is 8. The summed E-state index contributed by atoms with van der Waals surface area (Å²) in [7, 11) is 1.78. The van der Waals surface area contributed by atoms with Crippen molar-refractivity contribution in [3.05, 3.63) is 77.2 Å². The highest BCUT2D eigenvalue weighted by Gasteiger charge is 2.21. The minimum Gasteiger partial charge on any atom is -0.334 e. The maximum atomic E-state index is 12.6. The Morgan fingerprint density at radius 1 is 1.14 bits per heavy atom. The number of benzene rings is 1. The topological polar surface area (TPSA) is 147 Å². The summed E-state index contributed by atoms with van der Waals surface area (Å²) in [6, 6.07) is 10.5. The number of fused-ring (bicyclic) bond motifs is 1. The summed E-state index contributed by atoms with van der Waals surface area (Å²) in [4.78, 5) is 34.3. The predicted octanol–water partition coefficient (Wildman–Crippen LogP) is 4.04. The van der Waals surface area contributed by atoms with Crippen LogP contribution in [-0.2, 0) is 13.6 Å². The van der Waals surface area contributed by atoms with E-state index in [2.05, 4.69) is 40.7 Å². The fraction of sp³-hybridized carbons (Fsp3) is 0.120. The number of amides is 2. The van der Waals surface area contributed by atoms with Crippen molar-refractivity contribution in [2.45, 2.75) is 13.5 Å². The van der Waals surface area contributed by atoms with Gasteiger partial charge >= 0.3 is 6.03 Å². The molecule has 11 nitrogen and oxygen atoms in total. The maximum Gasteiger partial charge on any atom is 0.320 e. The van der Waals surface area contributed by atoms with Crippen LogP contribution in [0.1, 0.15) is 17.1 Å². The molecule has 182 valence electrons. The van der Waals surface area contributed by atoms with E-state index in [-0.39, 0.29) is 18.1 Å². The lowest BCUT2D eigenvalue weighted by Gasteiger charge is -2.13. The van der Waals surface area contributed by atoms with Crippen LogP contribution < -0.4 is 10.6 Å². The lowest BCUT2D eigenvalue weighted by molar-refractivity contribution is 0.251. The molecule has 1 aromatic carbocycles. The zero-order chi connectivity index (χ0) is 25.9. The zero-order valence-corrected chi connectivity index (χ0v) is 20.5. The highest BCUT2D eigenvalue weighted by molar-refractivity contribution is 6.35. The summed E-state index contributed by atoms with van der Waals surface area (Å²) in [5, 5.41) is 20.8. The van der Waals surface area contributed by atoms with Crippen molar-refractivity contribution >= 4 is 34.4 Å². The number of nitrogens with one attached hydrogen (secondary N) is 2. The van der Waals surface area contributed by atoms with Gasteiger partial charge in [0, 0.05) is 54.9 Å². The lowest BCUT2D eigenvalue weighted by atomic mass is 10.0. The molecule has 0 aliphatic heterocycles. The molecule has 0 radical (unpaired) electrons. The van der Waals surface area contributed by atoms with Gasteiger partial charge < -0.3 is 5.32 Å². The van der Waals surface area contributed by atoms with Gasteiger partial charge in [-0.15, -0.1) is 0 Å². The van der Waals surface area contributed by atoms with E-state index in [1.165, 1.54) is 0 Å². The van der Waals surface area contributed by atoms with Crippen LogP contribution in [0.15, 0.2) is 55.1 Å². The number of rotatable bonds is 5. The molecular weight excluding hydrogens is 492 g/mol. The molecule has 0 aliphatic carbocycles. The molecule has 0 atom stereocenters. The van der Waals surface area contributed by atoms with Gasteiger partial charge in [-0.2, -0.15) is 10.4 Å².